The minimum absolute atomic E-state index is 0.984. The number of hydrogen-bond donors (Lipinski definition) is 0. The second-order valence-corrected chi connectivity index (χ2v) is 7.16. The van der Waals surface area contributed by atoms with E-state index in [-0.39, 0.29) is 0 Å². The van der Waals surface area contributed by atoms with Crippen LogP contribution in [0, 0.1) is 0 Å². The van der Waals surface area contributed by atoms with Crippen molar-refractivity contribution in [2.45, 2.75) is 26.2 Å². The highest BCUT2D eigenvalue weighted by molar-refractivity contribution is 5.88. The van der Waals surface area contributed by atoms with Crippen molar-refractivity contribution in [1.82, 2.24) is 4.98 Å². The van der Waals surface area contributed by atoms with E-state index in [1.54, 1.807) is 0 Å². The standard InChI is InChI=1S/C27H25N/c1-2-3-10-21-16-17-22-11-4-6-13-25(22)24(19-21)20-23-12-5-7-14-26(23)27-15-8-9-18-28-27/h2-15,18,20H,16-17,19H2,1H3/b3-2-,21-10-,24-20+. The van der Waals surface area contributed by atoms with E-state index in [2.05, 4.69) is 90.8 Å². The number of allylic oxidation sites excluding steroid dienone is 5. The number of benzene rings is 2. The quantitative estimate of drug-likeness (QED) is 0.451. The fraction of sp³-hybridized carbons (Fsp3) is 0.148. The van der Waals surface area contributed by atoms with E-state index >= 15 is 0 Å². The predicted molar refractivity (Wildman–Crippen MR) is 120 cm³/mol. The second-order valence-electron chi connectivity index (χ2n) is 7.16. The SMILES string of the molecule is C/C=C\C=C1\CCc2ccccc2/C(=C/c2ccccc2-c2ccccn2)C1. The van der Waals surface area contributed by atoms with E-state index in [1.165, 1.54) is 33.4 Å². The van der Waals surface area contributed by atoms with Gasteiger partial charge in [-0.15, -0.1) is 0 Å². The molecule has 0 amide bonds. The molecule has 1 heteroatoms. The van der Waals surface area contributed by atoms with E-state index in [4.69, 9.17) is 0 Å². The molecule has 1 aliphatic rings. The first-order chi connectivity index (χ1) is 13.8. The highest BCUT2D eigenvalue weighted by Gasteiger charge is 2.15. The molecule has 0 atom stereocenters. The van der Waals surface area contributed by atoms with Gasteiger partial charge >= 0.3 is 0 Å². The Morgan fingerprint density at radius 1 is 0.821 bits per heavy atom. The molecule has 4 rings (SSSR count). The van der Waals surface area contributed by atoms with E-state index in [0.29, 0.717) is 0 Å². The number of rotatable bonds is 3. The van der Waals surface area contributed by atoms with E-state index in [1.807, 2.05) is 18.3 Å². The average molecular weight is 364 g/mol. The molecule has 28 heavy (non-hydrogen) atoms. The molecule has 1 nitrogen and oxygen atoms in total. The smallest absolute Gasteiger partial charge is 0.0707 e. The van der Waals surface area contributed by atoms with Crippen LogP contribution in [0.2, 0.25) is 0 Å². The third-order valence-electron chi connectivity index (χ3n) is 5.25. The Morgan fingerprint density at radius 3 is 2.43 bits per heavy atom. The lowest BCUT2D eigenvalue weighted by molar-refractivity contribution is 0.936. The zero-order valence-corrected chi connectivity index (χ0v) is 16.3. The predicted octanol–water partition coefficient (Wildman–Crippen LogP) is 7.13. The largest absolute Gasteiger partial charge is 0.256 e. The summed E-state index contributed by atoms with van der Waals surface area (Å²) >= 11 is 0. The van der Waals surface area contributed by atoms with Crippen molar-refractivity contribution in [2.24, 2.45) is 0 Å². The zero-order valence-electron chi connectivity index (χ0n) is 16.3. The van der Waals surface area contributed by atoms with Crippen LogP contribution >= 0.6 is 0 Å². The summed E-state index contributed by atoms with van der Waals surface area (Å²) in [5, 5.41) is 0. The number of aryl methyl sites for hydroxylation is 1. The molecule has 1 heterocycles. The minimum Gasteiger partial charge on any atom is -0.256 e. The van der Waals surface area contributed by atoms with Gasteiger partial charge < -0.3 is 0 Å². The van der Waals surface area contributed by atoms with Crippen molar-refractivity contribution in [1.29, 1.82) is 0 Å². The molecule has 1 aromatic heterocycles. The van der Waals surface area contributed by atoms with E-state index in [0.717, 1.165) is 25.0 Å². The third-order valence-corrected chi connectivity index (χ3v) is 5.25. The molecular formula is C27H25N. The highest BCUT2D eigenvalue weighted by Crippen LogP contribution is 2.35. The van der Waals surface area contributed by atoms with Gasteiger partial charge in [-0.1, -0.05) is 84.5 Å². The van der Waals surface area contributed by atoms with Crippen LogP contribution in [0.3, 0.4) is 0 Å². The van der Waals surface area contributed by atoms with Gasteiger partial charge in [0.05, 0.1) is 5.69 Å². The van der Waals surface area contributed by atoms with Gasteiger partial charge in [0.15, 0.2) is 0 Å². The molecule has 0 bridgehead atoms. The lowest BCUT2D eigenvalue weighted by Crippen LogP contribution is -1.91. The van der Waals surface area contributed by atoms with Crippen LogP contribution in [-0.2, 0) is 6.42 Å². The van der Waals surface area contributed by atoms with E-state index < -0.39 is 0 Å². The van der Waals surface area contributed by atoms with E-state index in [9.17, 15) is 0 Å². The highest BCUT2D eigenvalue weighted by atomic mass is 14.7. The van der Waals surface area contributed by atoms with Crippen LogP contribution in [0.1, 0.15) is 36.5 Å². The summed E-state index contributed by atoms with van der Waals surface area (Å²) in [4.78, 5) is 4.57. The van der Waals surface area contributed by atoms with Crippen LogP contribution in [0.15, 0.2) is 96.7 Å². The Balaban J connectivity index is 1.83. The first kappa shape index (κ1) is 18.2. The van der Waals surface area contributed by atoms with Crippen molar-refractivity contribution in [3.63, 3.8) is 0 Å². The van der Waals surface area contributed by atoms with Gasteiger partial charge in [-0.2, -0.15) is 0 Å². The Hall–Kier alpha value is -3.19. The van der Waals surface area contributed by atoms with Gasteiger partial charge in [0.1, 0.15) is 0 Å². The number of nitrogens with zero attached hydrogens (tertiary/aromatic N) is 1. The summed E-state index contributed by atoms with van der Waals surface area (Å²) in [6.45, 7) is 2.07. The first-order valence-electron chi connectivity index (χ1n) is 9.95. The third kappa shape index (κ3) is 4.04. The Kier molecular flexibility index (Phi) is 5.63. The Bertz CT molecular complexity index is 1040. The Labute approximate surface area is 167 Å². The van der Waals surface area contributed by atoms with Crippen LogP contribution in [0.4, 0.5) is 0 Å². The zero-order chi connectivity index (χ0) is 19.2. The van der Waals surface area contributed by atoms with Crippen LogP contribution in [0.5, 0.6) is 0 Å². The van der Waals surface area contributed by atoms with Gasteiger partial charge in [-0.3, -0.25) is 4.98 Å². The maximum atomic E-state index is 4.57. The Morgan fingerprint density at radius 2 is 1.61 bits per heavy atom. The number of pyridine rings is 1. The molecule has 138 valence electrons. The summed E-state index contributed by atoms with van der Waals surface area (Å²) in [7, 11) is 0. The number of aromatic nitrogens is 1. The molecule has 0 radical (unpaired) electrons. The van der Waals surface area contributed by atoms with Gasteiger partial charge in [-0.05, 0) is 60.6 Å². The van der Waals surface area contributed by atoms with Gasteiger partial charge in [-0.25, -0.2) is 0 Å². The number of hydrogen-bond acceptors (Lipinski definition) is 1. The fourth-order valence-electron chi connectivity index (χ4n) is 3.84. The maximum absolute atomic E-state index is 4.57. The van der Waals surface area contributed by atoms with Crippen LogP contribution in [0.25, 0.3) is 22.9 Å². The molecule has 0 saturated heterocycles. The van der Waals surface area contributed by atoms with Gasteiger partial charge in [0.25, 0.3) is 0 Å². The van der Waals surface area contributed by atoms with Crippen molar-refractivity contribution >= 4 is 11.6 Å². The summed E-state index contributed by atoms with van der Waals surface area (Å²) in [6.07, 6.45) is 14.0. The monoisotopic (exact) mass is 363 g/mol. The molecule has 1 aliphatic carbocycles. The summed E-state index contributed by atoms with van der Waals surface area (Å²) in [6, 6.07) is 23.5. The van der Waals surface area contributed by atoms with Crippen LogP contribution < -0.4 is 0 Å². The molecule has 0 N–H and O–H groups in total. The summed E-state index contributed by atoms with van der Waals surface area (Å²) in [5.74, 6) is 0. The lowest BCUT2D eigenvalue weighted by atomic mass is 9.93. The lowest BCUT2D eigenvalue weighted by Gasteiger charge is -2.12. The maximum Gasteiger partial charge on any atom is 0.0707 e. The molecule has 0 unspecified atom stereocenters. The molecule has 0 fully saturated rings. The first-order valence-corrected chi connectivity index (χ1v) is 9.95. The number of fused-ring (bicyclic) bond motifs is 1. The summed E-state index contributed by atoms with van der Waals surface area (Å²) in [5.41, 5.74) is 9.09. The average Bonchev–Trinajstić information content (AvgIpc) is 2.93. The normalized spacial score (nSPS) is 17.0. The van der Waals surface area contributed by atoms with Gasteiger partial charge in [0, 0.05) is 11.8 Å². The van der Waals surface area contributed by atoms with Crippen molar-refractivity contribution < 1.29 is 0 Å². The van der Waals surface area contributed by atoms with Gasteiger partial charge in [0.2, 0.25) is 0 Å². The molecule has 0 spiro atoms. The molecule has 3 aromatic rings. The van der Waals surface area contributed by atoms with Crippen molar-refractivity contribution in [3.8, 4) is 11.3 Å². The molecule has 0 saturated carbocycles. The van der Waals surface area contributed by atoms with Crippen molar-refractivity contribution in [2.75, 3.05) is 0 Å². The molecule has 2 aromatic carbocycles. The second kappa shape index (κ2) is 8.67. The fourth-order valence-corrected chi connectivity index (χ4v) is 3.84. The minimum atomic E-state index is 0.984. The topological polar surface area (TPSA) is 12.9 Å². The molecular weight excluding hydrogens is 338 g/mol. The molecule has 0 aliphatic heterocycles. The summed E-state index contributed by atoms with van der Waals surface area (Å²) < 4.78 is 0. The van der Waals surface area contributed by atoms with Crippen LogP contribution in [-0.4, -0.2) is 4.98 Å². The van der Waals surface area contributed by atoms with Crippen molar-refractivity contribution in [3.05, 3.63) is 113 Å².